The summed E-state index contributed by atoms with van der Waals surface area (Å²) >= 11 is 0. The first-order valence-corrected chi connectivity index (χ1v) is 6.60. The van der Waals surface area contributed by atoms with Gasteiger partial charge >= 0.3 is 0 Å². The van der Waals surface area contributed by atoms with Gasteiger partial charge in [-0.05, 0) is 24.3 Å². The number of hydrogen-bond donors (Lipinski definition) is 2. The van der Waals surface area contributed by atoms with Crippen LogP contribution in [0.25, 0.3) is 0 Å². The molecule has 0 spiro atoms. The topological polar surface area (TPSA) is 92.2 Å². The Labute approximate surface area is 104 Å². The first kappa shape index (κ1) is 12.5. The van der Waals surface area contributed by atoms with E-state index in [0.717, 1.165) is 0 Å². The van der Waals surface area contributed by atoms with Crippen LogP contribution in [0.1, 0.15) is 5.69 Å². The number of nitrogens with zero attached hydrogens (tertiary/aromatic N) is 2. The lowest BCUT2D eigenvalue weighted by Crippen LogP contribution is -2.23. The van der Waals surface area contributed by atoms with E-state index < -0.39 is 10.0 Å². The van der Waals surface area contributed by atoms with Gasteiger partial charge in [0.2, 0.25) is 10.0 Å². The molecule has 0 aliphatic carbocycles. The Morgan fingerprint density at radius 1 is 1.28 bits per heavy atom. The van der Waals surface area contributed by atoms with Gasteiger partial charge in [0.15, 0.2) is 0 Å². The highest BCUT2D eigenvalue weighted by atomic mass is 32.2. The second kappa shape index (κ2) is 5.11. The smallest absolute Gasteiger partial charge is 0.241 e. The summed E-state index contributed by atoms with van der Waals surface area (Å²) in [6.45, 7) is 0.0699. The Bertz CT molecular complexity index is 629. The number of phenols is 1. The highest BCUT2D eigenvalue weighted by Crippen LogP contribution is 2.15. The zero-order chi connectivity index (χ0) is 13.0. The van der Waals surface area contributed by atoms with Gasteiger partial charge in [-0.25, -0.2) is 23.1 Å². The predicted octanol–water partition coefficient (Wildman–Crippen LogP) is 0.661. The van der Waals surface area contributed by atoms with Crippen molar-refractivity contribution in [2.45, 2.75) is 11.4 Å². The van der Waals surface area contributed by atoms with Crippen LogP contribution in [-0.2, 0) is 16.6 Å². The van der Waals surface area contributed by atoms with Gasteiger partial charge in [-0.2, -0.15) is 0 Å². The monoisotopic (exact) mass is 265 g/mol. The minimum atomic E-state index is -3.65. The molecule has 1 aromatic carbocycles. The second-order valence-electron chi connectivity index (χ2n) is 3.52. The maximum Gasteiger partial charge on any atom is 0.241 e. The normalized spacial score (nSPS) is 11.3. The molecule has 0 saturated carbocycles. The summed E-state index contributed by atoms with van der Waals surface area (Å²) in [6.07, 6.45) is 2.88. The van der Waals surface area contributed by atoms with Crippen LogP contribution in [0.15, 0.2) is 47.8 Å². The number of benzene rings is 1. The number of phenolic OH excluding ortho intramolecular Hbond substituents is 1. The van der Waals surface area contributed by atoms with Crippen molar-refractivity contribution in [2.75, 3.05) is 0 Å². The van der Waals surface area contributed by atoms with E-state index in [9.17, 15) is 13.5 Å². The van der Waals surface area contributed by atoms with Crippen LogP contribution in [0.4, 0.5) is 0 Å². The molecule has 7 heteroatoms. The summed E-state index contributed by atoms with van der Waals surface area (Å²) in [6, 6.07) is 7.08. The molecule has 0 radical (unpaired) electrons. The van der Waals surface area contributed by atoms with Crippen LogP contribution in [0.2, 0.25) is 0 Å². The predicted molar refractivity (Wildman–Crippen MR) is 64.2 cm³/mol. The molecule has 2 aromatic rings. The van der Waals surface area contributed by atoms with Crippen LogP contribution in [0.5, 0.6) is 5.75 Å². The SMILES string of the molecule is O=S(=O)(NCc1ccncn1)c1cccc(O)c1. The quantitative estimate of drug-likeness (QED) is 0.847. The van der Waals surface area contributed by atoms with E-state index in [-0.39, 0.29) is 17.2 Å². The molecule has 2 rings (SSSR count). The molecule has 0 saturated heterocycles. The molecule has 1 heterocycles. The van der Waals surface area contributed by atoms with Crippen LogP contribution < -0.4 is 4.72 Å². The molecular formula is C11H11N3O3S. The third-order valence-corrected chi connectivity index (χ3v) is 3.61. The maximum absolute atomic E-state index is 11.9. The minimum Gasteiger partial charge on any atom is -0.508 e. The lowest BCUT2D eigenvalue weighted by Gasteiger charge is -2.06. The highest BCUT2D eigenvalue weighted by Gasteiger charge is 2.14. The average Bonchev–Trinajstić information content (AvgIpc) is 2.38. The molecule has 6 nitrogen and oxygen atoms in total. The average molecular weight is 265 g/mol. The van der Waals surface area contributed by atoms with Crippen molar-refractivity contribution in [3.63, 3.8) is 0 Å². The van der Waals surface area contributed by atoms with Gasteiger partial charge in [0.05, 0.1) is 17.1 Å². The largest absolute Gasteiger partial charge is 0.508 e. The lowest BCUT2D eigenvalue weighted by molar-refractivity contribution is 0.473. The van der Waals surface area contributed by atoms with Crippen molar-refractivity contribution in [1.82, 2.24) is 14.7 Å². The first-order chi connectivity index (χ1) is 8.58. The third-order valence-electron chi connectivity index (χ3n) is 2.21. The van der Waals surface area contributed by atoms with Crippen LogP contribution in [0, 0.1) is 0 Å². The van der Waals surface area contributed by atoms with Crippen molar-refractivity contribution in [2.24, 2.45) is 0 Å². The summed E-state index contributed by atoms with van der Waals surface area (Å²) in [5, 5.41) is 9.25. The molecule has 0 amide bonds. The summed E-state index contributed by atoms with van der Waals surface area (Å²) in [7, 11) is -3.65. The fourth-order valence-electron chi connectivity index (χ4n) is 1.33. The number of aromatic nitrogens is 2. The van der Waals surface area contributed by atoms with Crippen molar-refractivity contribution in [1.29, 1.82) is 0 Å². The van der Waals surface area contributed by atoms with E-state index in [4.69, 9.17) is 0 Å². The maximum atomic E-state index is 11.9. The number of nitrogens with one attached hydrogen (secondary N) is 1. The molecule has 0 aliphatic rings. The molecule has 0 atom stereocenters. The van der Waals surface area contributed by atoms with Crippen LogP contribution >= 0.6 is 0 Å². The number of rotatable bonds is 4. The molecule has 0 bridgehead atoms. The molecule has 0 aliphatic heterocycles. The van der Waals surface area contributed by atoms with Crippen molar-refractivity contribution in [3.8, 4) is 5.75 Å². The van der Waals surface area contributed by atoms with E-state index in [1.165, 1.54) is 36.8 Å². The zero-order valence-corrected chi connectivity index (χ0v) is 10.1. The number of aromatic hydroxyl groups is 1. The fourth-order valence-corrected chi connectivity index (χ4v) is 2.36. The standard InChI is InChI=1S/C11H11N3O3S/c15-10-2-1-3-11(6-10)18(16,17)14-7-9-4-5-12-8-13-9/h1-6,8,14-15H,7H2. The van der Waals surface area contributed by atoms with Gasteiger partial charge < -0.3 is 5.11 Å². The molecule has 94 valence electrons. The Morgan fingerprint density at radius 3 is 2.78 bits per heavy atom. The van der Waals surface area contributed by atoms with E-state index in [1.807, 2.05) is 0 Å². The van der Waals surface area contributed by atoms with Gasteiger partial charge in [-0.3, -0.25) is 0 Å². The van der Waals surface area contributed by atoms with Gasteiger partial charge in [-0.15, -0.1) is 0 Å². The Hall–Kier alpha value is -1.99. The second-order valence-corrected chi connectivity index (χ2v) is 5.29. The summed E-state index contributed by atoms with van der Waals surface area (Å²) in [5.41, 5.74) is 0.564. The molecular weight excluding hydrogens is 254 g/mol. The fraction of sp³-hybridized carbons (Fsp3) is 0.0909. The van der Waals surface area contributed by atoms with Gasteiger partial charge in [-0.1, -0.05) is 6.07 Å². The van der Waals surface area contributed by atoms with Crippen LogP contribution in [-0.4, -0.2) is 23.5 Å². The zero-order valence-electron chi connectivity index (χ0n) is 9.31. The summed E-state index contributed by atoms with van der Waals surface area (Å²) < 4.78 is 26.2. The third kappa shape index (κ3) is 3.02. The Morgan fingerprint density at radius 2 is 2.11 bits per heavy atom. The number of sulfonamides is 1. The summed E-state index contributed by atoms with van der Waals surface area (Å²) in [4.78, 5) is 7.65. The highest BCUT2D eigenvalue weighted by molar-refractivity contribution is 7.89. The molecule has 0 fully saturated rings. The number of hydrogen-bond acceptors (Lipinski definition) is 5. The van der Waals surface area contributed by atoms with E-state index in [0.29, 0.717) is 5.69 Å². The molecule has 2 N–H and O–H groups in total. The minimum absolute atomic E-state index is 0.0107. The van der Waals surface area contributed by atoms with Crippen molar-refractivity contribution >= 4 is 10.0 Å². The Kier molecular flexibility index (Phi) is 3.54. The van der Waals surface area contributed by atoms with E-state index in [2.05, 4.69) is 14.7 Å². The van der Waals surface area contributed by atoms with E-state index in [1.54, 1.807) is 6.07 Å². The molecule has 18 heavy (non-hydrogen) atoms. The first-order valence-electron chi connectivity index (χ1n) is 5.11. The van der Waals surface area contributed by atoms with Crippen molar-refractivity contribution < 1.29 is 13.5 Å². The Balaban J connectivity index is 2.13. The van der Waals surface area contributed by atoms with Gasteiger partial charge in [0.25, 0.3) is 0 Å². The van der Waals surface area contributed by atoms with Crippen molar-refractivity contribution in [3.05, 3.63) is 48.5 Å². The molecule has 0 unspecified atom stereocenters. The lowest BCUT2D eigenvalue weighted by atomic mass is 10.3. The van der Waals surface area contributed by atoms with Gasteiger partial charge in [0, 0.05) is 6.20 Å². The van der Waals surface area contributed by atoms with Gasteiger partial charge in [0.1, 0.15) is 12.1 Å². The van der Waals surface area contributed by atoms with Crippen LogP contribution in [0.3, 0.4) is 0 Å². The summed E-state index contributed by atoms with van der Waals surface area (Å²) in [5.74, 6) is -0.0973. The van der Waals surface area contributed by atoms with E-state index >= 15 is 0 Å². The molecule has 1 aromatic heterocycles.